The standard InChI is InChI=1S/C20H21FN6O3/c1-28-19-24-18(25-20(26-19)29-2)27-10-4-5-13(12-27)16-17(23-9-8-22-16)30-15-7-3-6-14(21)11-15/h3,6-9,11,13H,4-5,10,12H2,1-2H3. The highest BCUT2D eigenvalue weighted by molar-refractivity contribution is 5.37. The minimum Gasteiger partial charge on any atom is -0.467 e. The summed E-state index contributed by atoms with van der Waals surface area (Å²) in [5.41, 5.74) is 0.708. The van der Waals surface area contributed by atoms with Crippen molar-refractivity contribution in [2.24, 2.45) is 0 Å². The highest BCUT2D eigenvalue weighted by atomic mass is 19.1. The van der Waals surface area contributed by atoms with Crippen LogP contribution in [0, 0.1) is 5.82 Å². The number of hydrogen-bond donors (Lipinski definition) is 0. The molecule has 0 bridgehead atoms. The lowest BCUT2D eigenvalue weighted by molar-refractivity contribution is 0.338. The molecule has 3 heterocycles. The summed E-state index contributed by atoms with van der Waals surface area (Å²) in [4.78, 5) is 23.6. The molecule has 1 aromatic carbocycles. The first-order chi connectivity index (χ1) is 14.7. The average molecular weight is 412 g/mol. The number of piperidine rings is 1. The molecule has 30 heavy (non-hydrogen) atoms. The molecule has 0 radical (unpaired) electrons. The molecule has 4 rings (SSSR count). The molecule has 0 N–H and O–H groups in total. The molecule has 10 heteroatoms. The van der Waals surface area contributed by atoms with Crippen LogP contribution in [0.25, 0.3) is 0 Å². The Morgan fingerprint density at radius 3 is 2.53 bits per heavy atom. The van der Waals surface area contributed by atoms with Gasteiger partial charge in [0.05, 0.1) is 14.2 Å². The van der Waals surface area contributed by atoms with Gasteiger partial charge in [0.25, 0.3) is 0 Å². The van der Waals surface area contributed by atoms with Gasteiger partial charge in [0.2, 0.25) is 11.8 Å². The number of methoxy groups -OCH3 is 2. The molecule has 0 amide bonds. The summed E-state index contributed by atoms with van der Waals surface area (Å²) in [7, 11) is 2.99. The predicted octanol–water partition coefficient (Wildman–Crippen LogP) is 2.99. The molecule has 1 aliphatic rings. The van der Waals surface area contributed by atoms with Crippen molar-refractivity contribution >= 4 is 5.95 Å². The van der Waals surface area contributed by atoms with Crippen LogP contribution in [0.3, 0.4) is 0 Å². The van der Waals surface area contributed by atoms with E-state index in [0.29, 0.717) is 29.8 Å². The van der Waals surface area contributed by atoms with Gasteiger partial charge in [0.15, 0.2) is 0 Å². The Balaban J connectivity index is 1.58. The van der Waals surface area contributed by atoms with E-state index in [9.17, 15) is 4.39 Å². The van der Waals surface area contributed by atoms with Gasteiger partial charge < -0.3 is 19.1 Å². The third-order valence-corrected chi connectivity index (χ3v) is 4.74. The Morgan fingerprint density at radius 1 is 1.03 bits per heavy atom. The molecule has 1 aliphatic heterocycles. The topological polar surface area (TPSA) is 95.4 Å². The van der Waals surface area contributed by atoms with Gasteiger partial charge in [-0.3, -0.25) is 4.98 Å². The Hall–Kier alpha value is -3.56. The first kappa shape index (κ1) is 19.7. The minimum absolute atomic E-state index is 0.0322. The molecule has 0 spiro atoms. The smallest absolute Gasteiger partial charge is 0.324 e. The van der Waals surface area contributed by atoms with Crippen LogP contribution in [-0.2, 0) is 0 Å². The van der Waals surface area contributed by atoms with Crippen LogP contribution in [0.15, 0.2) is 36.7 Å². The van der Waals surface area contributed by atoms with Crippen molar-refractivity contribution in [3.05, 3.63) is 48.2 Å². The van der Waals surface area contributed by atoms with E-state index in [1.807, 2.05) is 4.90 Å². The number of ether oxygens (including phenoxy) is 3. The van der Waals surface area contributed by atoms with E-state index >= 15 is 0 Å². The second kappa shape index (κ2) is 8.85. The molecule has 0 saturated carbocycles. The summed E-state index contributed by atoms with van der Waals surface area (Å²) >= 11 is 0. The lowest BCUT2D eigenvalue weighted by Crippen LogP contribution is -2.36. The third-order valence-electron chi connectivity index (χ3n) is 4.74. The van der Waals surface area contributed by atoms with Crippen molar-refractivity contribution in [3.63, 3.8) is 0 Å². The zero-order chi connectivity index (χ0) is 20.9. The van der Waals surface area contributed by atoms with E-state index in [2.05, 4.69) is 24.9 Å². The lowest BCUT2D eigenvalue weighted by Gasteiger charge is -2.32. The normalized spacial score (nSPS) is 16.2. The van der Waals surface area contributed by atoms with Crippen LogP contribution < -0.4 is 19.1 Å². The first-order valence-electron chi connectivity index (χ1n) is 9.49. The quantitative estimate of drug-likeness (QED) is 0.605. The van der Waals surface area contributed by atoms with Crippen LogP contribution in [0.2, 0.25) is 0 Å². The predicted molar refractivity (Wildman–Crippen MR) is 106 cm³/mol. The molecule has 2 aromatic heterocycles. The van der Waals surface area contributed by atoms with Crippen molar-refractivity contribution in [2.45, 2.75) is 18.8 Å². The van der Waals surface area contributed by atoms with Gasteiger partial charge in [-0.1, -0.05) is 6.07 Å². The van der Waals surface area contributed by atoms with Gasteiger partial charge >= 0.3 is 12.0 Å². The van der Waals surface area contributed by atoms with Gasteiger partial charge in [0.1, 0.15) is 17.3 Å². The van der Waals surface area contributed by atoms with E-state index in [-0.39, 0.29) is 23.8 Å². The summed E-state index contributed by atoms with van der Waals surface area (Å²) in [5, 5.41) is 0. The number of benzene rings is 1. The fourth-order valence-corrected chi connectivity index (χ4v) is 3.37. The van der Waals surface area contributed by atoms with Crippen LogP contribution in [0.5, 0.6) is 23.7 Å². The van der Waals surface area contributed by atoms with Crippen LogP contribution in [-0.4, -0.2) is 52.2 Å². The molecule has 1 atom stereocenters. The number of anilines is 1. The summed E-state index contributed by atoms with van der Waals surface area (Å²) in [5.74, 6) is 0.862. The zero-order valence-corrected chi connectivity index (χ0v) is 16.7. The summed E-state index contributed by atoms with van der Waals surface area (Å²) in [6.07, 6.45) is 4.98. The summed E-state index contributed by atoms with van der Waals surface area (Å²) in [6.45, 7) is 1.38. The largest absolute Gasteiger partial charge is 0.467 e. The van der Waals surface area contributed by atoms with Crippen molar-refractivity contribution in [2.75, 3.05) is 32.2 Å². The maximum Gasteiger partial charge on any atom is 0.324 e. The van der Waals surface area contributed by atoms with Gasteiger partial charge in [-0.2, -0.15) is 9.97 Å². The fourth-order valence-electron chi connectivity index (χ4n) is 3.37. The Labute approximate surface area is 172 Å². The molecule has 9 nitrogen and oxygen atoms in total. The molecular formula is C20H21FN6O3. The Morgan fingerprint density at radius 2 is 1.80 bits per heavy atom. The van der Waals surface area contributed by atoms with E-state index in [1.165, 1.54) is 26.4 Å². The molecule has 1 fully saturated rings. The molecule has 156 valence electrons. The number of nitrogens with zero attached hydrogens (tertiary/aromatic N) is 6. The Bertz CT molecular complexity index is 999. The highest BCUT2D eigenvalue weighted by Crippen LogP contribution is 2.34. The number of halogens is 1. The minimum atomic E-state index is -0.375. The summed E-state index contributed by atoms with van der Waals surface area (Å²) in [6, 6.07) is 6.32. The molecule has 1 unspecified atom stereocenters. The summed E-state index contributed by atoms with van der Waals surface area (Å²) < 4.78 is 29.7. The average Bonchev–Trinajstić information content (AvgIpc) is 2.79. The number of hydrogen-bond acceptors (Lipinski definition) is 9. The number of aromatic nitrogens is 5. The van der Waals surface area contributed by atoms with Gasteiger partial charge in [-0.25, -0.2) is 9.37 Å². The maximum absolute atomic E-state index is 13.5. The first-order valence-corrected chi connectivity index (χ1v) is 9.49. The van der Waals surface area contributed by atoms with Crippen molar-refractivity contribution in [3.8, 4) is 23.7 Å². The van der Waals surface area contributed by atoms with Crippen molar-refractivity contribution < 1.29 is 18.6 Å². The van der Waals surface area contributed by atoms with Gasteiger partial charge in [0, 0.05) is 37.5 Å². The number of rotatable bonds is 6. The molecule has 0 aliphatic carbocycles. The van der Waals surface area contributed by atoms with Crippen molar-refractivity contribution in [1.82, 2.24) is 24.9 Å². The fraction of sp³-hybridized carbons (Fsp3) is 0.350. The lowest BCUT2D eigenvalue weighted by atomic mass is 9.95. The molecule has 3 aromatic rings. The van der Waals surface area contributed by atoms with E-state index in [4.69, 9.17) is 14.2 Å². The zero-order valence-electron chi connectivity index (χ0n) is 16.7. The van der Waals surface area contributed by atoms with Gasteiger partial charge in [-0.15, -0.1) is 4.98 Å². The SMILES string of the molecule is COc1nc(OC)nc(N2CCCC(c3nccnc3Oc3cccc(F)c3)C2)n1. The van der Waals surface area contributed by atoms with Gasteiger partial charge in [-0.05, 0) is 25.0 Å². The van der Waals surface area contributed by atoms with Crippen LogP contribution in [0.1, 0.15) is 24.5 Å². The third kappa shape index (κ3) is 4.37. The van der Waals surface area contributed by atoms with Crippen LogP contribution in [0.4, 0.5) is 10.3 Å². The highest BCUT2D eigenvalue weighted by Gasteiger charge is 2.28. The van der Waals surface area contributed by atoms with E-state index in [0.717, 1.165) is 19.4 Å². The van der Waals surface area contributed by atoms with E-state index in [1.54, 1.807) is 24.5 Å². The monoisotopic (exact) mass is 412 g/mol. The molecule has 1 saturated heterocycles. The Kier molecular flexibility index (Phi) is 5.82. The van der Waals surface area contributed by atoms with E-state index < -0.39 is 0 Å². The van der Waals surface area contributed by atoms with Crippen LogP contribution >= 0.6 is 0 Å². The molecular weight excluding hydrogens is 391 g/mol. The maximum atomic E-state index is 13.5. The second-order valence-corrected chi connectivity index (χ2v) is 6.70. The second-order valence-electron chi connectivity index (χ2n) is 6.70. The van der Waals surface area contributed by atoms with Crippen molar-refractivity contribution in [1.29, 1.82) is 0 Å².